The molecule has 5 rings (SSSR count). The van der Waals surface area contributed by atoms with E-state index in [-0.39, 0.29) is 23.7 Å². The van der Waals surface area contributed by atoms with Crippen LogP contribution in [0.5, 0.6) is 0 Å². The first-order chi connectivity index (χ1) is 12.6. The van der Waals surface area contributed by atoms with E-state index in [4.69, 9.17) is 5.26 Å². The van der Waals surface area contributed by atoms with Crippen molar-refractivity contribution < 1.29 is 9.59 Å². The van der Waals surface area contributed by atoms with Crippen molar-refractivity contribution in [2.75, 3.05) is 5.32 Å². The second kappa shape index (κ2) is 6.75. The maximum absolute atomic E-state index is 13.1. The minimum atomic E-state index is -0.327. The molecular formula is C21H25N3O2. The number of amides is 2. The molecule has 0 unspecified atom stereocenters. The minimum absolute atomic E-state index is 0.159. The molecule has 5 nitrogen and oxygen atoms in total. The Labute approximate surface area is 154 Å². The van der Waals surface area contributed by atoms with Crippen molar-refractivity contribution in [3.63, 3.8) is 0 Å². The highest BCUT2D eigenvalue weighted by molar-refractivity contribution is 5.93. The fourth-order valence-electron chi connectivity index (χ4n) is 5.81. The van der Waals surface area contributed by atoms with E-state index in [1.807, 2.05) is 30.3 Å². The Bertz CT molecular complexity index is 729. The highest BCUT2D eigenvalue weighted by Crippen LogP contribution is 2.60. The fourth-order valence-corrected chi connectivity index (χ4v) is 5.81. The zero-order valence-corrected chi connectivity index (χ0v) is 15.0. The van der Waals surface area contributed by atoms with Crippen molar-refractivity contribution in [1.29, 1.82) is 5.26 Å². The Morgan fingerprint density at radius 1 is 1.08 bits per heavy atom. The third kappa shape index (κ3) is 3.21. The number of hydrogen-bond acceptors (Lipinski definition) is 3. The van der Waals surface area contributed by atoms with Crippen LogP contribution in [0.2, 0.25) is 0 Å². The smallest absolute Gasteiger partial charge is 0.238 e. The molecular weight excluding hydrogens is 326 g/mol. The van der Waals surface area contributed by atoms with Crippen LogP contribution in [0.4, 0.5) is 5.69 Å². The summed E-state index contributed by atoms with van der Waals surface area (Å²) in [5, 5.41) is 14.5. The van der Waals surface area contributed by atoms with Crippen LogP contribution in [0.3, 0.4) is 0 Å². The Balaban J connectivity index is 1.42. The molecule has 26 heavy (non-hydrogen) atoms. The van der Waals surface area contributed by atoms with E-state index in [0.29, 0.717) is 12.2 Å². The van der Waals surface area contributed by atoms with Crippen LogP contribution in [-0.4, -0.2) is 11.8 Å². The van der Waals surface area contributed by atoms with E-state index in [1.165, 1.54) is 19.3 Å². The standard InChI is InChI=1S/C21H25N3O2/c22-6-5-19(25)24-18-4-2-1-3-17(18)13-23-20(26)21-10-14-7-15(11-21)9-16(8-14)12-21/h1-4,14-16H,5,7-13H2,(H,23,26)(H,24,25). The maximum Gasteiger partial charge on any atom is 0.238 e. The summed E-state index contributed by atoms with van der Waals surface area (Å²) in [4.78, 5) is 24.8. The number of nitrogens with zero attached hydrogens (tertiary/aromatic N) is 1. The van der Waals surface area contributed by atoms with Crippen molar-refractivity contribution in [1.82, 2.24) is 5.32 Å². The van der Waals surface area contributed by atoms with Gasteiger partial charge in [-0.3, -0.25) is 9.59 Å². The number of benzene rings is 1. The van der Waals surface area contributed by atoms with E-state index in [2.05, 4.69) is 10.6 Å². The molecule has 0 aromatic heterocycles. The molecule has 4 saturated carbocycles. The van der Waals surface area contributed by atoms with Crippen LogP contribution >= 0.6 is 0 Å². The Morgan fingerprint density at radius 3 is 2.31 bits per heavy atom. The van der Waals surface area contributed by atoms with Crippen molar-refractivity contribution in [2.24, 2.45) is 23.2 Å². The predicted octanol–water partition coefficient (Wildman–Crippen LogP) is 3.37. The van der Waals surface area contributed by atoms with Gasteiger partial charge in [-0.05, 0) is 67.9 Å². The number of hydrogen-bond donors (Lipinski definition) is 2. The van der Waals surface area contributed by atoms with Crippen molar-refractivity contribution in [3.8, 4) is 6.07 Å². The third-order valence-corrected chi connectivity index (χ3v) is 6.49. The molecule has 2 N–H and O–H groups in total. The lowest BCUT2D eigenvalue weighted by Crippen LogP contribution is -2.53. The van der Waals surface area contributed by atoms with Crippen LogP contribution in [0.25, 0.3) is 0 Å². The molecule has 4 bridgehead atoms. The summed E-state index contributed by atoms with van der Waals surface area (Å²) in [6.07, 6.45) is 6.93. The molecule has 4 aliphatic rings. The lowest BCUT2D eigenvalue weighted by atomic mass is 9.49. The number of nitriles is 1. The number of carbonyl (C=O) groups excluding carboxylic acids is 2. The molecule has 136 valence electrons. The fraction of sp³-hybridized carbons (Fsp3) is 0.571. The summed E-state index contributed by atoms with van der Waals surface area (Å²) in [5.41, 5.74) is 1.38. The van der Waals surface area contributed by atoms with Crippen LogP contribution in [-0.2, 0) is 16.1 Å². The van der Waals surface area contributed by atoms with Gasteiger partial charge in [0, 0.05) is 17.6 Å². The van der Waals surface area contributed by atoms with Gasteiger partial charge in [-0.1, -0.05) is 18.2 Å². The Morgan fingerprint density at radius 2 is 1.69 bits per heavy atom. The quantitative estimate of drug-likeness (QED) is 0.853. The number of carbonyl (C=O) groups is 2. The summed E-state index contributed by atoms with van der Waals surface area (Å²) in [7, 11) is 0. The summed E-state index contributed by atoms with van der Waals surface area (Å²) in [5.74, 6) is 2.08. The highest BCUT2D eigenvalue weighted by Gasteiger charge is 2.54. The van der Waals surface area contributed by atoms with Gasteiger partial charge in [-0.15, -0.1) is 0 Å². The molecule has 1 aromatic carbocycles. The zero-order valence-electron chi connectivity index (χ0n) is 15.0. The molecule has 0 spiro atoms. The summed E-state index contributed by atoms with van der Waals surface area (Å²) >= 11 is 0. The molecule has 2 amide bonds. The number of nitrogens with one attached hydrogen (secondary N) is 2. The Hall–Kier alpha value is -2.35. The average Bonchev–Trinajstić information content (AvgIpc) is 2.59. The van der Waals surface area contributed by atoms with Gasteiger partial charge in [-0.2, -0.15) is 5.26 Å². The van der Waals surface area contributed by atoms with Crippen molar-refractivity contribution in [3.05, 3.63) is 29.8 Å². The van der Waals surface area contributed by atoms with Gasteiger partial charge in [0.25, 0.3) is 0 Å². The number of rotatable bonds is 5. The van der Waals surface area contributed by atoms with Crippen LogP contribution < -0.4 is 10.6 Å². The second-order valence-electron chi connectivity index (χ2n) is 8.42. The van der Waals surface area contributed by atoms with Crippen molar-refractivity contribution >= 4 is 17.5 Å². The summed E-state index contributed by atoms with van der Waals surface area (Å²) < 4.78 is 0. The van der Waals surface area contributed by atoms with Gasteiger partial charge >= 0.3 is 0 Å². The van der Waals surface area contributed by atoms with E-state index in [0.717, 1.165) is 42.6 Å². The average molecular weight is 351 g/mol. The molecule has 4 fully saturated rings. The predicted molar refractivity (Wildman–Crippen MR) is 97.8 cm³/mol. The molecule has 4 aliphatic carbocycles. The van der Waals surface area contributed by atoms with E-state index < -0.39 is 0 Å². The first-order valence-corrected chi connectivity index (χ1v) is 9.61. The van der Waals surface area contributed by atoms with E-state index >= 15 is 0 Å². The van der Waals surface area contributed by atoms with Crippen LogP contribution in [0.15, 0.2) is 24.3 Å². The van der Waals surface area contributed by atoms with Crippen molar-refractivity contribution in [2.45, 2.75) is 51.5 Å². The molecule has 5 heteroatoms. The monoisotopic (exact) mass is 351 g/mol. The minimum Gasteiger partial charge on any atom is -0.351 e. The molecule has 0 heterocycles. The SMILES string of the molecule is N#CCC(=O)Nc1ccccc1CNC(=O)C12CC3CC(CC(C3)C1)C2. The molecule has 0 radical (unpaired) electrons. The molecule has 0 aliphatic heterocycles. The summed E-state index contributed by atoms with van der Waals surface area (Å²) in [6.45, 7) is 0.406. The molecule has 0 saturated heterocycles. The largest absolute Gasteiger partial charge is 0.351 e. The third-order valence-electron chi connectivity index (χ3n) is 6.49. The topological polar surface area (TPSA) is 82.0 Å². The molecule has 0 atom stereocenters. The van der Waals surface area contributed by atoms with Gasteiger partial charge in [-0.25, -0.2) is 0 Å². The van der Waals surface area contributed by atoms with E-state index in [9.17, 15) is 9.59 Å². The number of para-hydroxylation sites is 1. The molecule has 1 aromatic rings. The lowest BCUT2D eigenvalue weighted by Gasteiger charge is -2.55. The van der Waals surface area contributed by atoms with Gasteiger partial charge in [0.05, 0.1) is 6.07 Å². The first kappa shape index (κ1) is 17.1. The number of anilines is 1. The lowest BCUT2D eigenvalue weighted by molar-refractivity contribution is -0.146. The van der Waals surface area contributed by atoms with Gasteiger partial charge in [0.1, 0.15) is 6.42 Å². The van der Waals surface area contributed by atoms with Crippen LogP contribution in [0, 0.1) is 34.5 Å². The Kier molecular flexibility index (Phi) is 4.44. The van der Waals surface area contributed by atoms with Gasteiger partial charge in [0.2, 0.25) is 11.8 Å². The van der Waals surface area contributed by atoms with E-state index in [1.54, 1.807) is 0 Å². The zero-order chi connectivity index (χ0) is 18.1. The second-order valence-corrected chi connectivity index (χ2v) is 8.42. The van der Waals surface area contributed by atoms with Gasteiger partial charge < -0.3 is 10.6 Å². The highest BCUT2D eigenvalue weighted by atomic mass is 16.2. The van der Waals surface area contributed by atoms with Crippen LogP contribution in [0.1, 0.15) is 50.5 Å². The summed E-state index contributed by atoms with van der Waals surface area (Å²) in [6, 6.07) is 9.30. The maximum atomic E-state index is 13.1. The van der Waals surface area contributed by atoms with Gasteiger partial charge in [0.15, 0.2) is 0 Å². The first-order valence-electron chi connectivity index (χ1n) is 9.61. The normalized spacial score (nSPS) is 31.3.